The predicted molar refractivity (Wildman–Crippen MR) is 85.5 cm³/mol. The van der Waals surface area contributed by atoms with Crippen molar-refractivity contribution < 1.29 is 4.74 Å². The van der Waals surface area contributed by atoms with E-state index in [2.05, 4.69) is 26.1 Å². The van der Waals surface area contributed by atoms with Gasteiger partial charge in [-0.05, 0) is 37.3 Å². The lowest BCUT2D eigenvalue weighted by Crippen LogP contribution is -2.22. The van der Waals surface area contributed by atoms with E-state index in [9.17, 15) is 4.79 Å². The molecule has 2 heterocycles. The summed E-state index contributed by atoms with van der Waals surface area (Å²) in [6.45, 7) is 3.44. The average Bonchev–Trinajstić information content (AvgIpc) is 2.51. The molecule has 0 spiro atoms. The molecule has 21 heavy (non-hydrogen) atoms. The van der Waals surface area contributed by atoms with Gasteiger partial charge in [0.25, 0.3) is 5.56 Å². The first-order chi connectivity index (χ1) is 10.2. The van der Waals surface area contributed by atoms with E-state index in [1.807, 2.05) is 31.2 Å². The average molecular weight is 349 g/mol. The molecule has 110 valence electrons. The van der Waals surface area contributed by atoms with Gasteiger partial charge >= 0.3 is 0 Å². The van der Waals surface area contributed by atoms with Gasteiger partial charge < -0.3 is 4.74 Å². The lowest BCUT2D eigenvalue weighted by Gasteiger charge is -2.25. The van der Waals surface area contributed by atoms with Gasteiger partial charge in [0, 0.05) is 23.2 Å². The zero-order valence-corrected chi connectivity index (χ0v) is 13.4. The van der Waals surface area contributed by atoms with Crippen molar-refractivity contribution >= 4 is 15.9 Å². The lowest BCUT2D eigenvalue weighted by molar-refractivity contribution is 0.0852. The van der Waals surface area contributed by atoms with E-state index in [0.29, 0.717) is 5.92 Å². The summed E-state index contributed by atoms with van der Waals surface area (Å²) in [5.41, 5.74) is 3.49. The van der Waals surface area contributed by atoms with Gasteiger partial charge in [0.15, 0.2) is 0 Å². The van der Waals surface area contributed by atoms with E-state index in [-0.39, 0.29) is 5.56 Å². The fourth-order valence-corrected chi connectivity index (χ4v) is 3.45. The molecule has 1 aliphatic heterocycles. The highest BCUT2D eigenvalue weighted by Gasteiger charge is 2.25. The van der Waals surface area contributed by atoms with Crippen molar-refractivity contribution in [2.45, 2.75) is 25.7 Å². The normalized spacial score (nSPS) is 16.1. The van der Waals surface area contributed by atoms with Crippen molar-refractivity contribution in [1.29, 1.82) is 0 Å². The molecular weight excluding hydrogens is 332 g/mol. The summed E-state index contributed by atoms with van der Waals surface area (Å²) in [6.07, 6.45) is 1.87. The van der Waals surface area contributed by atoms with Crippen molar-refractivity contribution in [3.05, 3.63) is 50.3 Å². The minimum absolute atomic E-state index is 0.131. The Bertz CT molecular complexity index is 706. The first-order valence-corrected chi connectivity index (χ1v) is 7.89. The second kappa shape index (κ2) is 6.12. The van der Waals surface area contributed by atoms with Crippen LogP contribution >= 0.6 is 15.9 Å². The fourth-order valence-electron chi connectivity index (χ4n) is 2.97. The number of H-pyrrole nitrogens is 1. The molecular formula is C16H17BrN2O2. The van der Waals surface area contributed by atoms with Crippen molar-refractivity contribution in [1.82, 2.24) is 10.2 Å². The third-order valence-corrected chi connectivity index (χ3v) is 4.68. The number of hydrogen-bond acceptors (Lipinski definition) is 3. The molecule has 5 heteroatoms. The number of halogens is 1. The third kappa shape index (κ3) is 2.80. The summed E-state index contributed by atoms with van der Waals surface area (Å²) in [5, 5.41) is 6.79. The first-order valence-electron chi connectivity index (χ1n) is 7.10. The second-order valence-corrected chi connectivity index (χ2v) is 6.15. The van der Waals surface area contributed by atoms with E-state index in [0.717, 1.165) is 52.9 Å². The maximum absolute atomic E-state index is 12.4. The van der Waals surface area contributed by atoms with Gasteiger partial charge in [0.2, 0.25) is 0 Å². The Kier molecular flexibility index (Phi) is 4.22. The van der Waals surface area contributed by atoms with Crippen LogP contribution in [-0.2, 0) is 4.74 Å². The van der Waals surface area contributed by atoms with Crippen molar-refractivity contribution in [3.8, 4) is 11.1 Å². The van der Waals surface area contributed by atoms with Crippen LogP contribution in [0.1, 0.15) is 30.0 Å². The number of aromatic amines is 1. The van der Waals surface area contributed by atoms with E-state index in [4.69, 9.17) is 4.74 Å². The van der Waals surface area contributed by atoms with Crippen LogP contribution in [0.4, 0.5) is 0 Å². The Hall–Kier alpha value is -1.46. The SMILES string of the molecule is Cc1n[nH]c(=O)c(-c2ccccc2Br)c1C1CCOCC1. The van der Waals surface area contributed by atoms with Crippen LogP contribution in [0.3, 0.4) is 0 Å². The predicted octanol–water partition coefficient (Wildman–Crippen LogP) is 3.40. The number of benzene rings is 1. The lowest BCUT2D eigenvalue weighted by atomic mass is 9.86. The standard InChI is InChI=1S/C16H17BrN2O2/c1-10-14(11-6-8-21-9-7-11)15(16(20)19-18-10)12-4-2-3-5-13(12)17/h2-5,11H,6-9H2,1H3,(H,19,20). The van der Waals surface area contributed by atoms with Crippen LogP contribution in [0.2, 0.25) is 0 Å². The monoisotopic (exact) mass is 348 g/mol. The zero-order chi connectivity index (χ0) is 14.8. The molecule has 1 aromatic carbocycles. The van der Waals surface area contributed by atoms with Crippen LogP contribution in [0.5, 0.6) is 0 Å². The number of nitrogens with zero attached hydrogens (tertiary/aromatic N) is 1. The molecule has 0 aliphatic carbocycles. The number of aromatic nitrogens is 2. The molecule has 3 rings (SSSR count). The van der Waals surface area contributed by atoms with Gasteiger partial charge in [-0.15, -0.1) is 0 Å². The molecule has 0 amide bonds. The van der Waals surface area contributed by atoms with Crippen LogP contribution < -0.4 is 5.56 Å². The van der Waals surface area contributed by atoms with Crippen LogP contribution in [0.15, 0.2) is 33.5 Å². The van der Waals surface area contributed by atoms with E-state index < -0.39 is 0 Å². The Labute approximate surface area is 131 Å². The first kappa shape index (κ1) is 14.5. The van der Waals surface area contributed by atoms with Gasteiger partial charge in [-0.25, -0.2) is 5.10 Å². The molecule has 2 aromatic rings. The summed E-state index contributed by atoms with van der Waals surface area (Å²) in [5.74, 6) is 0.329. The van der Waals surface area contributed by atoms with Crippen LogP contribution in [0, 0.1) is 6.92 Å². The summed E-state index contributed by atoms with van der Waals surface area (Å²) < 4.78 is 6.37. The number of ether oxygens (including phenoxy) is 1. The summed E-state index contributed by atoms with van der Waals surface area (Å²) in [7, 11) is 0. The molecule has 1 N–H and O–H groups in total. The zero-order valence-electron chi connectivity index (χ0n) is 11.9. The van der Waals surface area contributed by atoms with Crippen LogP contribution in [-0.4, -0.2) is 23.4 Å². The largest absolute Gasteiger partial charge is 0.381 e. The highest BCUT2D eigenvalue weighted by molar-refractivity contribution is 9.10. The molecule has 0 bridgehead atoms. The summed E-state index contributed by atoms with van der Waals surface area (Å²) in [6, 6.07) is 7.82. The Morgan fingerprint density at radius 2 is 2.00 bits per heavy atom. The molecule has 1 aliphatic rings. The Morgan fingerprint density at radius 1 is 1.29 bits per heavy atom. The summed E-state index contributed by atoms with van der Waals surface area (Å²) in [4.78, 5) is 12.4. The molecule has 4 nitrogen and oxygen atoms in total. The molecule has 0 saturated carbocycles. The van der Waals surface area contributed by atoms with Gasteiger partial charge in [-0.2, -0.15) is 5.10 Å². The maximum atomic E-state index is 12.4. The van der Waals surface area contributed by atoms with Gasteiger partial charge in [0.05, 0.1) is 11.3 Å². The number of aryl methyl sites for hydroxylation is 1. The fraction of sp³-hybridized carbons (Fsp3) is 0.375. The number of nitrogens with one attached hydrogen (secondary N) is 1. The van der Waals surface area contributed by atoms with Crippen molar-refractivity contribution in [3.63, 3.8) is 0 Å². The minimum atomic E-state index is -0.131. The topological polar surface area (TPSA) is 55.0 Å². The second-order valence-electron chi connectivity index (χ2n) is 5.29. The van der Waals surface area contributed by atoms with Crippen molar-refractivity contribution in [2.75, 3.05) is 13.2 Å². The Balaban J connectivity index is 2.21. The molecule has 0 unspecified atom stereocenters. The molecule has 1 saturated heterocycles. The molecule has 1 aromatic heterocycles. The van der Waals surface area contributed by atoms with Crippen molar-refractivity contribution in [2.24, 2.45) is 0 Å². The molecule has 0 atom stereocenters. The summed E-state index contributed by atoms with van der Waals surface area (Å²) >= 11 is 3.55. The van der Waals surface area contributed by atoms with Gasteiger partial charge in [-0.3, -0.25) is 4.79 Å². The maximum Gasteiger partial charge on any atom is 0.272 e. The molecule has 0 radical (unpaired) electrons. The highest BCUT2D eigenvalue weighted by atomic mass is 79.9. The Morgan fingerprint density at radius 3 is 2.71 bits per heavy atom. The van der Waals surface area contributed by atoms with Gasteiger partial charge in [0.1, 0.15) is 0 Å². The smallest absolute Gasteiger partial charge is 0.272 e. The number of rotatable bonds is 2. The van der Waals surface area contributed by atoms with E-state index in [1.165, 1.54) is 0 Å². The van der Waals surface area contributed by atoms with Crippen LogP contribution in [0.25, 0.3) is 11.1 Å². The molecule has 1 fully saturated rings. The third-order valence-electron chi connectivity index (χ3n) is 3.98. The highest BCUT2D eigenvalue weighted by Crippen LogP contribution is 2.36. The van der Waals surface area contributed by atoms with E-state index >= 15 is 0 Å². The van der Waals surface area contributed by atoms with Gasteiger partial charge in [-0.1, -0.05) is 34.1 Å². The van der Waals surface area contributed by atoms with E-state index in [1.54, 1.807) is 0 Å². The number of hydrogen-bond donors (Lipinski definition) is 1. The minimum Gasteiger partial charge on any atom is -0.381 e. The quantitative estimate of drug-likeness (QED) is 0.904.